The monoisotopic (exact) mass is 394 g/mol. The number of nitrogens with two attached hydrogens (primary N) is 1. The summed E-state index contributed by atoms with van der Waals surface area (Å²) in [7, 11) is 0. The number of hydrogen-bond acceptors (Lipinski definition) is 5. The van der Waals surface area contributed by atoms with Crippen molar-refractivity contribution in [1.29, 1.82) is 0 Å². The van der Waals surface area contributed by atoms with Crippen LogP contribution in [0.15, 0.2) is 29.6 Å². The van der Waals surface area contributed by atoms with Gasteiger partial charge in [-0.25, -0.2) is 19.0 Å². The van der Waals surface area contributed by atoms with Gasteiger partial charge < -0.3 is 21.5 Å². The highest BCUT2D eigenvalue weighted by Crippen LogP contribution is 2.26. The van der Waals surface area contributed by atoms with Crippen LogP contribution in [-0.2, 0) is 16.0 Å². The molecule has 8 nitrogen and oxygen atoms in total. The van der Waals surface area contributed by atoms with Crippen LogP contribution in [0.5, 0.6) is 0 Å². The smallest absolute Gasteiger partial charge is 0.326 e. The molecule has 2 aromatic rings. The maximum atomic E-state index is 13.8. The number of carboxylic acid groups (broad SMARTS) is 1. The number of hydrogen-bond donors (Lipinski definition) is 4. The second kappa shape index (κ2) is 9.62. The number of aromatic nitrogens is 1. The molecule has 5 N–H and O–H groups in total. The molecule has 144 valence electrons. The first-order valence-electron chi connectivity index (χ1n) is 8.11. The first-order chi connectivity index (χ1) is 12.9. The summed E-state index contributed by atoms with van der Waals surface area (Å²) in [6, 6.07) is 4.41. The van der Waals surface area contributed by atoms with E-state index < -0.39 is 29.8 Å². The van der Waals surface area contributed by atoms with Gasteiger partial charge in [0.25, 0.3) is 0 Å². The van der Waals surface area contributed by atoms with Crippen LogP contribution in [0.1, 0.15) is 18.5 Å². The van der Waals surface area contributed by atoms with E-state index in [1.165, 1.54) is 17.4 Å². The van der Waals surface area contributed by atoms with Gasteiger partial charge in [0.1, 0.15) is 16.9 Å². The Balaban J connectivity index is 1.91. The molecule has 1 atom stereocenters. The van der Waals surface area contributed by atoms with Crippen molar-refractivity contribution in [1.82, 2.24) is 15.6 Å². The number of primary amides is 1. The molecule has 1 heterocycles. The Morgan fingerprint density at radius 2 is 2.04 bits per heavy atom. The van der Waals surface area contributed by atoms with Crippen LogP contribution in [0.4, 0.5) is 9.18 Å². The Labute approximate surface area is 158 Å². The Morgan fingerprint density at radius 3 is 2.70 bits per heavy atom. The summed E-state index contributed by atoms with van der Waals surface area (Å²) in [5.74, 6) is -2.08. The van der Waals surface area contributed by atoms with Crippen molar-refractivity contribution in [3.63, 3.8) is 0 Å². The van der Waals surface area contributed by atoms with E-state index in [4.69, 9.17) is 5.73 Å². The predicted octanol–water partition coefficient (Wildman–Crippen LogP) is 1.51. The number of carbonyl (C=O) groups excluding carboxylic acids is 2. The van der Waals surface area contributed by atoms with Crippen molar-refractivity contribution in [3.05, 3.63) is 41.2 Å². The van der Waals surface area contributed by atoms with E-state index in [2.05, 4.69) is 15.6 Å². The minimum absolute atomic E-state index is 0.117. The lowest BCUT2D eigenvalue weighted by Gasteiger charge is -2.14. The van der Waals surface area contributed by atoms with E-state index in [9.17, 15) is 23.9 Å². The van der Waals surface area contributed by atoms with Gasteiger partial charge in [0.2, 0.25) is 5.91 Å². The first-order valence-corrected chi connectivity index (χ1v) is 8.99. The van der Waals surface area contributed by atoms with Crippen LogP contribution in [0.2, 0.25) is 0 Å². The van der Waals surface area contributed by atoms with E-state index in [1.54, 1.807) is 23.6 Å². The molecule has 0 aliphatic heterocycles. The molecule has 1 aromatic heterocycles. The summed E-state index contributed by atoms with van der Waals surface area (Å²) in [6.45, 7) is 0.215. The largest absolute Gasteiger partial charge is 0.480 e. The Kier molecular flexibility index (Phi) is 7.24. The topological polar surface area (TPSA) is 134 Å². The quantitative estimate of drug-likeness (QED) is 0.478. The third kappa shape index (κ3) is 6.33. The average molecular weight is 394 g/mol. The third-order valence-corrected chi connectivity index (χ3v) is 4.52. The molecule has 3 amide bonds. The van der Waals surface area contributed by atoms with Gasteiger partial charge in [-0.3, -0.25) is 4.79 Å². The van der Waals surface area contributed by atoms with Crippen molar-refractivity contribution >= 4 is 29.2 Å². The second-order valence-electron chi connectivity index (χ2n) is 5.69. The number of aliphatic carboxylic acids is 1. The van der Waals surface area contributed by atoms with Crippen molar-refractivity contribution in [3.8, 4) is 10.6 Å². The van der Waals surface area contributed by atoms with Crippen molar-refractivity contribution in [2.24, 2.45) is 5.73 Å². The lowest BCUT2D eigenvalue weighted by Crippen LogP contribution is -2.42. The molecular formula is C17H19FN4O4S. The summed E-state index contributed by atoms with van der Waals surface area (Å²) >= 11 is 1.20. The van der Waals surface area contributed by atoms with Crippen molar-refractivity contribution in [2.45, 2.75) is 25.3 Å². The summed E-state index contributed by atoms with van der Waals surface area (Å²) in [5.41, 5.74) is 5.70. The molecule has 0 saturated heterocycles. The highest BCUT2D eigenvalue weighted by Gasteiger charge is 2.20. The van der Waals surface area contributed by atoms with Crippen LogP contribution in [0, 0.1) is 5.82 Å². The number of thiazole rings is 1. The number of carboxylic acids is 1. The van der Waals surface area contributed by atoms with Gasteiger partial charge in [-0.1, -0.05) is 12.1 Å². The van der Waals surface area contributed by atoms with Gasteiger partial charge in [0.15, 0.2) is 0 Å². The number of urea groups is 1. The number of benzene rings is 1. The van der Waals surface area contributed by atoms with Crippen LogP contribution < -0.4 is 16.4 Å². The van der Waals surface area contributed by atoms with Crippen LogP contribution in [0.25, 0.3) is 10.6 Å². The zero-order chi connectivity index (χ0) is 19.8. The minimum atomic E-state index is -1.17. The molecular weight excluding hydrogens is 375 g/mol. The van der Waals surface area contributed by atoms with Crippen LogP contribution in [0.3, 0.4) is 0 Å². The molecule has 0 saturated carbocycles. The fourth-order valence-corrected chi connectivity index (χ4v) is 3.18. The number of nitrogens with zero attached hydrogens (tertiary/aromatic N) is 1. The zero-order valence-electron chi connectivity index (χ0n) is 14.3. The van der Waals surface area contributed by atoms with E-state index in [0.717, 1.165) is 0 Å². The minimum Gasteiger partial charge on any atom is -0.480 e. The molecule has 0 aliphatic carbocycles. The lowest BCUT2D eigenvalue weighted by atomic mass is 10.1. The highest BCUT2D eigenvalue weighted by molar-refractivity contribution is 7.13. The van der Waals surface area contributed by atoms with E-state index in [-0.39, 0.29) is 19.4 Å². The van der Waals surface area contributed by atoms with Gasteiger partial charge in [-0.2, -0.15) is 0 Å². The molecule has 2 rings (SSSR count). The molecule has 10 heteroatoms. The average Bonchev–Trinajstić information content (AvgIpc) is 3.05. The second-order valence-corrected chi connectivity index (χ2v) is 6.55. The van der Waals surface area contributed by atoms with Gasteiger partial charge in [-0.05, 0) is 25.0 Å². The maximum absolute atomic E-state index is 13.8. The SMILES string of the molecule is NC(=O)NCCC[C@H](NC(=O)Cc1csc(-c2ccccc2F)n1)C(=O)O. The fraction of sp³-hybridized carbons (Fsp3) is 0.294. The van der Waals surface area contributed by atoms with Crippen molar-refractivity contribution in [2.75, 3.05) is 6.54 Å². The Morgan fingerprint density at radius 1 is 1.30 bits per heavy atom. The maximum Gasteiger partial charge on any atom is 0.326 e. The van der Waals surface area contributed by atoms with E-state index >= 15 is 0 Å². The molecule has 0 radical (unpaired) electrons. The highest BCUT2D eigenvalue weighted by atomic mass is 32.1. The van der Waals surface area contributed by atoms with Gasteiger partial charge >= 0.3 is 12.0 Å². The third-order valence-electron chi connectivity index (χ3n) is 3.60. The predicted molar refractivity (Wildman–Crippen MR) is 97.6 cm³/mol. The summed E-state index contributed by atoms with van der Waals surface area (Å²) in [4.78, 5) is 38.2. The van der Waals surface area contributed by atoms with Gasteiger partial charge in [-0.15, -0.1) is 11.3 Å². The van der Waals surface area contributed by atoms with Gasteiger partial charge in [0.05, 0.1) is 12.1 Å². The summed E-state index contributed by atoms with van der Waals surface area (Å²) in [5, 5.41) is 16.0. The molecule has 0 spiro atoms. The zero-order valence-corrected chi connectivity index (χ0v) is 15.1. The number of rotatable bonds is 9. The molecule has 27 heavy (non-hydrogen) atoms. The number of carbonyl (C=O) groups is 3. The van der Waals surface area contributed by atoms with E-state index in [1.807, 2.05) is 0 Å². The lowest BCUT2D eigenvalue weighted by molar-refractivity contribution is -0.141. The molecule has 0 aliphatic rings. The summed E-state index contributed by atoms with van der Waals surface area (Å²) in [6.07, 6.45) is 0.363. The number of nitrogens with one attached hydrogen (secondary N) is 2. The first kappa shape index (κ1) is 20.3. The standard InChI is InChI=1S/C17H19FN4O4S/c18-12-5-2-1-4-11(12)15-21-10(9-27-15)8-14(23)22-13(16(24)25)6-3-7-20-17(19)26/h1-2,4-5,9,13H,3,6-8H2,(H,22,23)(H,24,25)(H3,19,20,26)/t13-/m0/s1. The normalized spacial score (nSPS) is 11.6. The molecule has 0 bridgehead atoms. The summed E-state index contributed by atoms with van der Waals surface area (Å²) < 4.78 is 13.8. The van der Waals surface area contributed by atoms with E-state index in [0.29, 0.717) is 22.7 Å². The van der Waals surface area contributed by atoms with Gasteiger partial charge in [0, 0.05) is 17.5 Å². The van der Waals surface area contributed by atoms with Crippen LogP contribution >= 0.6 is 11.3 Å². The molecule has 0 unspecified atom stereocenters. The Bertz CT molecular complexity index is 827. The number of amides is 3. The molecule has 0 fully saturated rings. The van der Waals surface area contributed by atoms with Crippen LogP contribution in [-0.4, -0.2) is 40.6 Å². The van der Waals surface area contributed by atoms with Crippen molar-refractivity contribution < 1.29 is 23.9 Å². The Hall–Kier alpha value is -3.01. The number of halogens is 1. The fourth-order valence-electron chi connectivity index (χ4n) is 2.33. The molecule has 1 aromatic carbocycles.